The third-order valence-electron chi connectivity index (χ3n) is 3.73. The number of aryl methyl sites for hydroxylation is 2. The van der Waals surface area contributed by atoms with E-state index in [0.29, 0.717) is 17.2 Å². The molecular weight excluding hydrogens is 308 g/mol. The third kappa shape index (κ3) is 3.45. The smallest absolute Gasteiger partial charge is 0.336 e. The van der Waals surface area contributed by atoms with Crippen LogP contribution in [0.3, 0.4) is 0 Å². The van der Waals surface area contributed by atoms with Crippen molar-refractivity contribution in [3.05, 3.63) is 46.1 Å². The Morgan fingerprint density at radius 2 is 2.08 bits per heavy atom. The van der Waals surface area contributed by atoms with Crippen molar-refractivity contribution >= 4 is 11.0 Å². The maximum Gasteiger partial charge on any atom is 0.336 e. The minimum atomic E-state index is -0.338. The number of benzene rings is 1. The number of fused-ring (bicyclic) bond motifs is 1. The van der Waals surface area contributed by atoms with E-state index in [9.17, 15) is 4.79 Å². The topological polar surface area (TPSA) is 83.0 Å². The van der Waals surface area contributed by atoms with E-state index < -0.39 is 0 Å². The zero-order valence-corrected chi connectivity index (χ0v) is 13.9. The van der Waals surface area contributed by atoms with Crippen molar-refractivity contribution in [2.75, 3.05) is 0 Å². The Hall–Kier alpha value is -2.70. The van der Waals surface area contributed by atoms with E-state index in [1.807, 2.05) is 12.1 Å². The molecule has 2 aromatic heterocycles. The molecular formula is C17H20N4O3. The van der Waals surface area contributed by atoms with Crippen LogP contribution >= 0.6 is 0 Å². The molecule has 0 N–H and O–H groups in total. The highest BCUT2D eigenvalue weighted by Gasteiger charge is 2.09. The number of tetrazole rings is 1. The van der Waals surface area contributed by atoms with Gasteiger partial charge in [-0.15, -0.1) is 5.10 Å². The fraction of sp³-hybridized carbons (Fsp3) is 0.412. The lowest BCUT2D eigenvalue weighted by molar-refractivity contribution is 0.286. The van der Waals surface area contributed by atoms with Crippen LogP contribution in [0.5, 0.6) is 5.75 Å². The number of aromatic nitrogens is 4. The van der Waals surface area contributed by atoms with Crippen molar-refractivity contribution in [1.82, 2.24) is 20.2 Å². The minimum Gasteiger partial charge on any atom is -0.485 e. The van der Waals surface area contributed by atoms with Gasteiger partial charge >= 0.3 is 5.63 Å². The Kier molecular flexibility index (Phi) is 4.88. The van der Waals surface area contributed by atoms with E-state index >= 15 is 0 Å². The second kappa shape index (κ2) is 7.25. The first-order valence-corrected chi connectivity index (χ1v) is 8.16. The molecule has 0 aliphatic carbocycles. The molecule has 1 aromatic carbocycles. The molecule has 0 radical (unpaired) electrons. The Morgan fingerprint density at radius 1 is 1.21 bits per heavy atom. The summed E-state index contributed by atoms with van der Waals surface area (Å²) in [6.45, 7) is 5.15. The van der Waals surface area contributed by atoms with E-state index in [-0.39, 0.29) is 12.2 Å². The first kappa shape index (κ1) is 16.2. The average Bonchev–Trinajstić information content (AvgIpc) is 3.00. The maximum absolute atomic E-state index is 11.7. The molecule has 3 rings (SSSR count). The van der Waals surface area contributed by atoms with Crippen molar-refractivity contribution in [2.24, 2.45) is 0 Å². The molecule has 0 aliphatic heterocycles. The van der Waals surface area contributed by atoms with Crippen molar-refractivity contribution < 1.29 is 9.15 Å². The Morgan fingerprint density at radius 3 is 2.88 bits per heavy atom. The van der Waals surface area contributed by atoms with Crippen molar-refractivity contribution in [3.8, 4) is 5.75 Å². The van der Waals surface area contributed by atoms with E-state index in [1.54, 1.807) is 16.8 Å². The molecule has 2 heterocycles. The number of rotatable bonds is 7. The van der Waals surface area contributed by atoms with Crippen LogP contribution in [0.1, 0.15) is 38.1 Å². The Bertz CT molecular complexity index is 885. The molecule has 0 atom stereocenters. The third-order valence-corrected chi connectivity index (χ3v) is 3.73. The number of nitrogens with zero attached hydrogens (tertiary/aromatic N) is 4. The molecule has 0 saturated carbocycles. The summed E-state index contributed by atoms with van der Waals surface area (Å²) in [5.41, 5.74) is 1.20. The lowest BCUT2D eigenvalue weighted by Gasteiger charge is -2.08. The van der Waals surface area contributed by atoms with Gasteiger partial charge in [0.05, 0.1) is 0 Å². The number of ether oxygens (including phenoxy) is 1. The summed E-state index contributed by atoms with van der Waals surface area (Å²) in [7, 11) is 0. The quantitative estimate of drug-likeness (QED) is 0.620. The molecule has 0 spiro atoms. The summed E-state index contributed by atoms with van der Waals surface area (Å²) in [5.74, 6) is 1.28. The number of hydrogen-bond donors (Lipinski definition) is 0. The first-order chi connectivity index (χ1) is 11.7. The molecule has 0 saturated heterocycles. The van der Waals surface area contributed by atoms with E-state index in [2.05, 4.69) is 29.4 Å². The molecule has 0 aliphatic rings. The summed E-state index contributed by atoms with van der Waals surface area (Å²) < 4.78 is 12.8. The number of hydrogen-bond acceptors (Lipinski definition) is 6. The second-order valence-corrected chi connectivity index (χ2v) is 5.61. The molecule has 24 heavy (non-hydrogen) atoms. The highest BCUT2D eigenvalue weighted by Crippen LogP contribution is 2.24. The first-order valence-electron chi connectivity index (χ1n) is 8.16. The van der Waals surface area contributed by atoms with Crippen molar-refractivity contribution in [2.45, 2.75) is 46.3 Å². The molecule has 7 nitrogen and oxygen atoms in total. The van der Waals surface area contributed by atoms with Crippen LogP contribution in [-0.4, -0.2) is 20.2 Å². The molecule has 0 amide bonds. The fourth-order valence-electron chi connectivity index (χ4n) is 2.64. The fourth-order valence-corrected chi connectivity index (χ4v) is 2.64. The Labute approximate surface area is 139 Å². The molecule has 0 unspecified atom stereocenters. The van der Waals surface area contributed by atoms with Gasteiger partial charge in [-0.05, 0) is 41.0 Å². The van der Waals surface area contributed by atoms with E-state index in [4.69, 9.17) is 9.15 Å². The van der Waals surface area contributed by atoms with Gasteiger partial charge in [-0.1, -0.05) is 20.3 Å². The largest absolute Gasteiger partial charge is 0.485 e. The lowest BCUT2D eigenvalue weighted by atomic mass is 10.1. The van der Waals surface area contributed by atoms with E-state index in [1.165, 1.54) is 0 Å². The van der Waals surface area contributed by atoms with Crippen LogP contribution in [0.4, 0.5) is 0 Å². The zero-order valence-electron chi connectivity index (χ0n) is 13.9. The van der Waals surface area contributed by atoms with Gasteiger partial charge in [0, 0.05) is 24.1 Å². The van der Waals surface area contributed by atoms with Crippen molar-refractivity contribution in [1.29, 1.82) is 0 Å². The molecule has 3 aromatic rings. The predicted octanol–water partition coefficient (Wildman–Crippen LogP) is 2.72. The van der Waals surface area contributed by atoms with Crippen LogP contribution < -0.4 is 10.4 Å². The van der Waals surface area contributed by atoms with Gasteiger partial charge in [-0.25, -0.2) is 9.48 Å². The van der Waals surface area contributed by atoms with Crippen LogP contribution in [0, 0.1) is 0 Å². The Balaban J connectivity index is 1.83. The molecule has 7 heteroatoms. The van der Waals surface area contributed by atoms with Crippen LogP contribution in [0.2, 0.25) is 0 Å². The molecule has 0 bridgehead atoms. The van der Waals surface area contributed by atoms with Crippen molar-refractivity contribution in [3.63, 3.8) is 0 Å². The van der Waals surface area contributed by atoms with Gasteiger partial charge in [0.25, 0.3) is 0 Å². The van der Waals surface area contributed by atoms with Gasteiger partial charge < -0.3 is 9.15 Å². The minimum absolute atomic E-state index is 0.261. The lowest BCUT2D eigenvalue weighted by Crippen LogP contribution is -2.08. The summed E-state index contributed by atoms with van der Waals surface area (Å²) in [6.07, 6.45) is 2.75. The van der Waals surface area contributed by atoms with Gasteiger partial charge in [0.2, 0.25) is 0 Å². The normalized spacial score (nSPS) is 11.1. The average molecular weight is 328 g/mol. The van der Waals surface area contributed by atoms with Crippen LogP contribution in [0.15, 0.2) is 33.5 Å². The molecule has 0 fully saturated rings. The van der Waals surface area contributed by atoms with Gasteiger partial charge in [0.15, 0.2) is 5.82 Å². The SMILES string of the molecule is CCCc1cc(=O)oc2cc(OCc3nnnn3CCC)ccc12. The second-order valence-electron chi connectivity index (χ2n) is 5.61. The van der Waals surface area contributed by atoms with E-state index in [0.717, 1.165) is 36.8 Å². The maximum atomic E-state index is 11.7. The summed E-state index contributed by atoms with van der Waals surface area (Å²) in [5, 5.41) is 12.5. The zero-order chi connectivity index (χ0) is 16.9. The predicted molar refractivity (Wildman–Crippen MR) is 88.9 cm³/mol. The van der Waals surface area contributed by atoms with Crippen LogP contribution in [0.25, 0.3) is 11.0 Å². The monoisotopic (exact) mass is 328 g/mol. The van der Waals surface area contributed by atoms with Gasteiger partial charge in [-0.2, -0.15) is 0 Å². The summed E-state index contributed by atoms with van der Waals surface area (Å²) in [4.78, 5) is 11.7. The summed E-state index contributed by atoms with van der Waals surface area (Å²) >= 11 is 0. The van der Waals surface area contributed by atoms with Gasteiger partial charge in [0.1, 0.15) is 17.9 Å². The van der Waals surface area contributed by atoms with Crippen LogP contribution in [-0.2, 0) is 19.6 Å². The standard InChI is InChI=1S/C17H20N4O3/c1-3-5-12-9-17(22)24-15-10-13(6-7-14(12)15)23-11-16-18-19-20-21(16)8-4-2/h6-7,9-10H,3-5,8,11H2,1-2H3. The highest BCUT2D eigenvalue weighted by molar-refractivity contribution is 5.81. The highest BCUT2D eigenvalue weighted by atomic mass is 16.5. The summed E-state index contributed by atoms with van der Waals surface area (Å²) in [6, 6.07) is 7.10. The van der Waals surface area contributed by atoms with Gasteiger partial charge in [-0.3, -0.25) is 0 Å². The molecule has 126 valence electrons.